The van der Waals surface area contributed by atoms with Gasteiger partial charge >= 0.3 is 0 Å². The van der Waals surface area contributed by atoms with Crippen LogP contribution in [0.1, 0.15) is 21.8 Å². The predicted molar refractivity (Wildman–Crippen MR) is 74.7 cm³/mol. The molecule has 8 heteroatoms. The Morgan fingerprint density at radius 3 is 2.55 bits per heavy atom. The Balaban J connectivity index is 2.10. The van der Waals surface area contributed by atoms with Gasteiger partial charge in [-0.2, -0.15) is 10.1 Å². The van der Waals surface area contributed by atoms with E-state index in [2.05, 4.69) is 0 Å². The number of amides is 2. The third-order valence-electron chi connectivity index (χ3n) is 4.25. The maximum absolute atomic E-state index is 12.4. The number of nitrogens with two attached hydrogens (primary N) is 2. The highest BCUT2D eigenvalue weighted by Gasteiger charge is 2.49. The van der Waals surface area contributed by atoms with Crippen LogP contribution in [0.4, 0.5) is 11.4 Å². The van der Waals surface area contributed by atoms with Crippen molar-refractivity contribution in [1.29, 1.82) is 0 Å². The van der Waals surface area contributed by atoms with Crippen molar-refractivity contribution in [1.82, 2.24) is 5.06 Å². The van der Waals surface area contributed by atoms with E-state index in [-0.39, 0.29) is 28.3 Å². The molecule has 0 bridgehead atoms. The van der Waals surface area contributed by atoms with Gasteiger partial charge in [0, 0.05) is 22.9 Å². The fourth-order valence-electron chi connectivity index (χ4n) is 3.36. The summed E-state index contributed by atoms with van der Waals surface area (Å²) in [7, 11) is 0. The fraction of sp³-hybridized carbons (Fsp3) is 0.143. The summed E-state index contributed by atoms with van der Waals surface area (Å²) in [6, 6.07) is 2.84. The van der Waals surface area contributed by atoms with Gasteiger partial charge in [0.1, 0.15) is 0 Å². The van der Waals surface area contributed by atoms with Crippen LogP contribution in [0.25, 0.3) is 0 Å². The minimum absolute atomic E-state index is 0.155. The van der Waals surface area contributed by atoms with Gasteiger partial charge < -0.3 is 11.5 Å². The van der Waals surface area contributed by atoms with Crippen molar-refractivity contribution >= 4 is 23.2 Å². The summed E-state index contributed by atoms with van der Waals surface area (Å²) in [5.41, 5.74) is 12.9. The van der Waals surface area contributed by atoms with Crippen LogP contribution in [0.2, 0.25) is 0 Å². The first-order valence-corrected chi connectivity index (χ1v) is 6.58. The zero-order chi connectivity index (χ0) is 15.8. The standard InChI is InChI=1S/C14H12N4O4/c15-5-1-7-11-9(3-5)18(22)14(20)8-2-6(16)4-10(12(8)11)17(21)13(7)19/h1-4,7,11,21-22H,15-16H2. The number of hydrogen-bond donors (Lipinski definition) is 4. The SMILES string of the molecule is NC1=CC2C(=O)N(O)c3cc(N)cc4c3C2C(=C1)N(O)C4=O. The van der Waals surface area contributed by atoms with Crippen molar-refractivity contribution in [2.75, 3.05) is 10.8 Å². The Bertz CT molecular complexity index is 813. The summed E-state index contributed by atoms with van der Waals surface area (Å²) in [5.74, 6) is -2.65. The normalized spacial score (nSPS) is 25.7. The maximum Gasteiger partial charge on any atom is 0.282 e. The topological polar surface area (TPSA) is 133 Å². The molecule has 0 spiro atoms. The van der Waals surface area contributed by atoms with Crippen LogP contribution < -0.4 is 16.5 Å². The summed E-state index contributed by atoms with van der Waals surface area (Å²) in [4.78, 5) is 24.7. The maximum atomic E-state index is 12.4. The van der Waals surface area contributed by atoms with Crippen LogP contribution in [0, 0.1) is 5.92 Å². The third-order valence-corrected chi connectivity index (χ3v) is 4.25. The molecule has 4 rings (SSSR count). The summed E-state index contributed by atoms with van der Waals surface area (Å²) >= 11 is 0. The average molecular weight is 300 g/mol. The molecule has 0 aromatic heterocycles. The molecule has 3 aliphatic rings. The van der Waals surface area contributed by atoms with Crippen LogP contribution in [0.5, 0.6) is 0 Å². The van der Waals surface area contributed by atoms with Gasteiger partial charge in [0.2, 0.25) is 0 Å². The monoisotopic (exact) mass is 300 g/mol. The lowest BCUT2D eigenvalue weighted by atomic mass is 9.72. The summed E-state index contributed by atoms with van der Waals surface area (Å²) in [6.45, 7) is 0. The third kappa shape index (κ3) is 1.37. The van der Waals surface area contributed by atoms with Gasteiger partial charge in [-0.1, -0.05) is 0 Å². The second-order valence-electron chi connectivity index (χ2n) is 5.51. The Kier molecular flexibility index (Phi) is 2.26. The molecule has 8 nitrogen and oxygen atoms in total. The molecule has 22 heavy (non-hydrogen) atoms. The van der Waals surface area contributed by atoms with Gasteiger partial charge in [-0.3, -0.25) is 20.0 Å². The van der Waals surface area contributed by atoms with Crippen molar-refractivity contribution in [3.05, 3.63) is 46.8 Å². The summed E-state index contributed by atoms with van der Waals surface area (Å²) in [6.07, 6.45) is 2.95. The number of carbonyl (C=O) groups excluding carboxylic acids is 2. The van der Waals surface area contributed by atoms with Crippen LogP contribution >= 0.6 is 0 Å². The van der Waals surface area contributed by atoms with E-state index in [1.165, 1.54) is 24.3 Å². The smallest absolute Gasteiger partial charge is 0.282 e. The molecule has 2 aliphatic heterocycles. The molecule has 2 heterocycles. The quantitative estimate of drug-likeness (QED) is 0.402. The molecule has 0 saturated carbocycles. The number of hydroxylamine groups is 3. The van der Waals surface area contributed by atoms with Gasteiger partial charge in [-0.05, 0) is 24.3 Å². The minimum atomic E-state index is -0.789. The van der Waals surface area contributed by atoms with Crippen LogP contribution in [0.15, 0.2) is 35.7 Å². The van der Waals surface area contributed by atoms with E-state index >= 15 is 0 Å². The van der Waals surface area contributed by atoms with E-state index in [1.807, 2.05) is 0 Å². The zero-order valence-electron chi connectivity index (χ0n) is 11.2. The summed E-state index contributed by atoms with van der Waals surface area (Å²) < 4.78 is 0. The Morgan fingerprint density at radius 1 is 1.09 bits per heavy atom. The Hall–Kier alpha value is -2.84. The zero-order valence-corrected chi connectivity index (χ0v) is 11.2. The van der Waals surface area contributed by atoms with Crippen LogP contribution in [-0.2, 0) is 4.79 Å². The van der Waals surface area contributed by atoms with Crippen LogP contribution in [0.3, 0.4) is 0 Å². The highest BCUT2D eigenvalue weighted by molar-refractivity contribution is 6.07. The van der Waals surface area contributed by atoms with E-state index in [0.717, 1.165) is 0 Å². The molecular formula is C14H12N4O4. The molecule has 2 atom stereocenters. The Labute approximate surface area is 124 Å². The molecule has 6 N–H and O–H groups in total. The number of anilines is 2. The lowest BCUT2D eigenvalue weighted by Gasteiger charge is -2.43. The fourth-order valence-corrected chi connectivity index (χ4v) is 3.36. The highest BCUT2D eigenvalue weighted by Crippen LogP contribution is 2.51. The van der Waals surface area contributed by atoms with E-state index in [1.54, 1.807) is 0 Å². The summed E-state index contributed by atoms with van der Waals surface area (Å²) in [5, 5.41) is 21.2. The average Bonchev–Trinajstić information content (AvgIpc) is 2.48. The van der Waals surface area contributed by atoms with E-state index in [9.17, 15) is 20.0 Å². The number of benzene rings is 1. The molecular weight excluding hydrogens is 288 g/mol. The molecule has 0 saturated heterocycles. The second-order valence-corrected chi connectivity index (χ2v) is 5.51. The number of carbonyl (C=O) groups is 2. The highest BCUT2D eigenvalue weighted by atomic mass is 16.5. The second kappa shape index (κ2) is 3.87. The molecule has 1 aromatic rings. The molecule has 1 aliphatic carbocycles. The molecule has 0 radical (unpaired) electrons. The van der Waals surface area contributed by atoms with E-state index < -0.39 is 23.7 Å². The van der Waals surface area contributed by atoms with Crippen molar-refractivity contribution in [2.45, 2.75) is 5.92 Å². The molecule has 112 valence electrons. The molecule has 0 fully saturated rings. The molecule has 2 amide bonds. The Morgan fingerprint density at radius 2 is 1.82 bits per heavy atom. The predicted octanol–water partition coefficient (Wildman–Crippen LogP) is 0.289. The first kappa shape index (κ1) is 12.9. The lowest BCUT2D eigenvalue weighted by Crippen LogP contribution is -2.48. The largest absolute Gasteiger partial charge is 0.399 e. The van der Waals surface area contributed by atoms with Gasteiger partial charge in [0.25, 0.3) is 11.8 Å². The van der Waals surface area contributed by atoms with Gasteiger partial charge in [0.15, 0.2) is 0 Å². The van der Waals surface area contributed by atoms with Crippen molar-refractivity contribution < 1.29 is 20.0 Å². The van der Waals surface area contributed by atoms with Gasteiger partial charge in [-0.25, -0.2) is 0 Å². The number of nitrogens with zero attached hydrogens (tertiary/aromatic N) is 2. The lowest BCUT2D eigenvalue weighted by molar-refractivity contribution is -0.128. The van der Waals surface area contributed by atoms with E-state index in [4.69, 9.17) is 11.5 Å². The first-order valence-electron chi connectivity index (χ1n) is 6.58. The number of rotatable bonds is 0. The van der Waals surface area contributed by atoms with Gasteiger partial charge in [-0.15, -0.1) is 0 Å². The number of hydrogen-bond acceptors (Lipinski definition) is 6. The van der Waals surface area contributed by atoms with E-state index in [0.29, 0.717) is 15.7 Å². The minimum Gasteiger partial charge on any atom is -0.399 e. The number of nitrogen functional groups attached to an aromatic ring is 1. The van der Waals surface area contributed by atoms with Crippen molar-refractivity contribution in [3.8, 4) is 0 Å². The van der Waals surface area contributed by atoms with Crippen molar-refractivity contribution in [3.63, 3.8) is 0 Å². The molecule has 1 aromatic carbocycles. The molecule has 2 unspecified atom stereocenters. The van der Waals surface area contributed by atoms with Crippen LogP contribution in [-0.4, -0.2) is 27.3 Å². The van der Waals surface area contributed by atoms with Crippen molar-refractivity contribution in [2.24, 2.45) is 11.7 Å². The first-order chi connectivity index (χ1) is 10.4. The number of allylic oxidation sites excluding steroid dienone is 2. The van der Waals surface area contributed by atoms with Gasteiger partial charge in [0.05, 0.1) is 22.9 Å².